The van der Waals surface area contributed by atoms with Crippen LogP contribution in [0.3, 0.4) is 0 Å². The number of nitrogens with one attached hydrogen (secondary N) is 1. The lowest BCUT2D eigenvalue weighted by Gasteiger charge is -2.26. The second kappa shape index (κ2) is 8.68. The molecule has 4 aromatic rings. The van der Waals surface area contributed by atoms with Crippen molar-refractivity contribution in [3.63, 3.8) is 0 Å². The van der Waals surface area contributed by atoms with Crippen molar-refractivity contribution in [1.82, 2.24) is 9.88 Å². The number of hydrogen-bond donors (Lipinski definition) is 1. The zero-order valence-corrected chi connectivity index (χ0v) is 19.2. The van der Waals surface area contributed by atoms with Gasteiger partial charge in [0, 0.05) is 29.2 Å². The number of amides is 4. The Balaban J connectivity index is 1.56. The van der Waals surface area contributed by atoms with Crippen molar-refractivity contribution in [3.05, 3.63) is 107 Å². The summed E-state index contributed by atoms with van der Waals surface area (Å²) < 4.78 is 15.3. The highest BCUT2D eigenvalue weighted by Crippen LogP contribution is 2.28. The zero-order chi connectivity index (χ0) is 24.7. The van der Waals surface area contributed by atoms with Gasteiger partial charge in [-0.2, -0.15) is 0 Å². The van der Waals surface area contributed by atoms with Gasteiger partial charge in [-0.15, -0.1) is 0 Å². The number of barbiturate groups is 1. The average Bonchev–Trinajstić information content (AvgIpc) is 3.17. The normalized spacial score (nSPS) is 15.2. The lowest BCUT2D eigenvalue weighted by molar-refractivity contribution is -0.122. The molecule has 1 saturated heterocycles. The second-order valence-corrected chi connectivity index (χ2v) is 8.58. The Morgan fingerprint density at radius 2 is 1.66 bits per heavy atom. The highest BCUT2D eigenvalue weighted by molar-refractivity contribution is 6.39. The van der Waals surface area contributed by atoms with Crippen molar-refractivity contribution in [2.75, 3.05) is 4.90 Å². The highest BCUT2D eigenvalue weighted by atomic mass is 19.1. The molecule has 174 valence electrons. The van der Waals surface area contributed by atoms with E-state index in [9.17, 15) is 18.8 Å². The summed E-state index contributed by atoms with van der Waals surface area (Å²) in [6.07, 6.45) is 3.36. The van der Waals surface area contributed by atoms with Gasteiger partial charge in [-0.1, -0.05) is 36.4 Å². The predicted octanol–water partition coefficient (Wildman–Crippen LogP) is 5.11. The number of aryl methyl sites for hydroxylation is 2. The van der Waals surface area contributed by atoms with Crippen molar-refractivity contribution in [2.24, 2.45) is 0 Å². The Hall–Kier alpha value is -4.52. The second-order valence-electron chi connectivity index (χ2n) is 8.58. The molecule has 35 heavy (non-hydrogen) atoms. The smallest absolute Gasteiger partial charge is 0.335 e. The number of aromatic nitrogens is 1. The minimum atomic E-state index is -0.779. The first-order chi connectivity index (χ1) is 16.8. The van der Waals surface area contributed by atoms with Crippen LogP contribution in [-0.4, -0.2) is 22.4 Å². The zero-order valence-electron chi connectivity index (χ0n) is 19.2. The van der Waals surface area contributed by atoms with Crippen molar-refractivity contribution in [3.8, 4) is 0 Å². The van der Waals surface area contributed by atoms with Crippen LogP contribution < -0.4 is 10.2 Å². The number of anilines is 1. The number of urea groups is 1. The van der Waals surface area contributed by atoms with Crippen LogP contribution >= 0.6 is 0 Å². The summed E-state index contributed by atoms with van der Waals surface area (Å²) in [5.41, 5.74) is 4.68. The van der Waals surface area contributed by atoms with Crippen LogP contribution in [0.2, 0.25) is 0 Å². The maximum absolute atomic E-state index is 13.3. The van der Waals surface area contributed by atoms with Gasteiger partial charge < -0.3 is 4.57 Å². The van der Waals surface area contributed by atoms with Gasteiger partial charge in [-0.25, -0.2) is 14.1 Å². The molecule has 1 N–H and O–H groups in total. The van der Waals surface area contributed by atoms with Crippen LogP contribution in [0.25, 0.3) is 17.0 Å². The molecule has 7 heteroatoms. The first kappa shape index (κ1) is 22.3. The number of para-hydroxylation sites is 1. The summed E-state index contributed by atoms with van der Waals surface area (Å²) in [4.78, 5) is 39.6. The number of benzene rings is 3. The minimum Gasteiger partial charge on any atom is -0.342 e. The molecule has 0 spiro atoms. The van der Waals surface area contributed by atoms with Crippen molar-refractivity contribution in [1.29, 1.82) is 0 Å². The molecule has 0 atom stereocenters. The van der Waals surface area contributed by atoms with Gasteiger partial charge in [0.1, 0.15) is 11.4 Å². The Labute approximate surface area is 201 Å². The van der Waals surface area contributed by atoms with Crippen molar-refractivity contribution >= 4 is 40.5 Å². The van der Waals surface area contributed by atoms with E-state index >= 15 is 0 Å². The third kappa shape index (κ3) is 4.12. The van der Waals surface area contributed by atoms with E-state index in [1.165, 1.54) is 18.2 Å². The molecule has 0 aliphatic carbocycles. The molecule has 0 unspecified atom stereocenters. The Morgan fingerprint density at radius 3 is 2.40 bits per heavy atom. The Kier molecular flexibility index (Phi) is 5.53. The summed E-state index contributed by atoms with van der Waals surface area (Å²) in [6.45, 7) is 4.31. The van der Waals surface area contributed by atoms with Crippen LogP contribution in [0.5, 0.6) is 0 Å². The van der Waals surface area contributed by atoms with Crippen LogP contribution in [0.15, 0.2) is 78.5 Å². The first-order valence-electron chi connectivity index (χ1n) is 11.1. The van der Waals surface area contributed by atoms with Crippen LogP contribution in [-0.2, 0) is 16.1 Å². The fraction of sp³-hybridized carbons (Fsp3) is 0.107. The molecule has 1 aliphatic rings. The lowest BCUT2D eigenvalue weighted by atomic mass is 10.0. The van der Waals surface area contributed by atoms with E-state index < -0.39 is 17.8 Å². The Morgan fingerprint density at radius 1 is 0.914 bits per heavy atom. The third-order valence-electron chi connectivity index (χ3n) is 6.24. The maximum Gasteiger partial charge on any atom is 0.335 e. The number of fused-ring (bicyclic) bond motifs is 1. The number of rotatable bonds is 4. The summed E-state index contributed by atoms with van der Waals surface area (Å²) in [7, 11) is 0. The van der Waals surface area contributed by atoms with E-state index in [0.717, 1.165) is 32.5 Å². The van der Waals surface area contributed by atoms with E-state index in [1.54, 1.807) is 24.3 Å². The number of imide groups is 2. The maximum atomic E-state index is 13.3. The molecule has 6 nitrogen and oxygen atoms in total. The number of nitrogens with zero attached hydrogens (tertiary/aromatic N) is 2. The van der Waals surface area contributed by atoms with E-state index in [0.29, 0.717) is 17.8 Å². The van der Waals surface area contributed by atoms with Gasteiger partial charge in [-0.3, -0.25) is 14.9 Å². The standard InChI is InChI=1S/C28H22FN3O3/c1-17-7-12-22(13-18(17)2)32-27(34)24(26(33)30-28(32)35)14-20-16-31(25-6-4-3-5-23(20)25)15-19-8-10-21(29)11-9-19/h3-14,16H,15H2,1-2H3,(H,30,33,35)/b24-14+. The first-order valence-corrected chi connectivity index (χ1v) is 11.1. The monoisotopic (exact) mass is 467 g/mol. The molecule has 0 bridgehead atoms. The van der Waals surface area contributed by atoms with Gasteiger partial charge in [0.05, 0.1) is 5.69 Å². The Bertz CT molecular complexity index is 1530. The number of hydrogen-bond acceptors (Lipinski definition) is 3. The average molecular weight is 468 g/mol. The molecule has 1 aliphatic heterocycles. The third-order valence-corrected chi connectivity index (χ3v) is 6.24. The van der Waals surface area contributed by atoms with E-state index in [4.69, 9.17) is 0 Å². The van der Waals surface area contributed by atoms with Crippen molar-refractivity contribution in [2.45, 2.75) is 20.4 Å². The fourth-order valence-electron chi connectivity index (χ4n) is 4.22. The molecule has 5 rings (SSSR count). The van der Waals surface area contributed by atoms with Gasteiger partial charge >= 0.3 is 6.03 Å². The molecule has 1 aromatic heterocycles. The van der Waals surface area contributed by atoms with Gasteiger partial charge in [0.25, 0.3) is 11.8 Å². The van der Waals surface area contributed by atoms with Crippen LogP contribution in [0.1, 0.15) is 22.3 Å². The number of carbonyl (C=O) groups excluding carboxylic acids is 3. The quantitative estimate of drug-likeness (QED) is 0.335. The lowest BCUT2D eigenvalue weighted by Crippen LogP contribution is -2.54. The molecule has 1 fully saturated rings. The molecule has 2 heterocycles. The summed E-state index contributed by atoms with van der Waals surface area (Å²) in [5.74, 6) is -1.73. The summed E-state index contributed by atoms with van der Waals surface area (Å²) in [5, 5.41) is 3.12. The van der Waals surface area contributed by atoms with Gasteiger partial charge in [-0.05, 0) is 66.9 Å². The fourth-order valence-corrected chi connectivity index (χ4v) is 4.22. The number of halogens is 1. The highest BCUT2D eigenvalue weighted by Gasteiger charge is 2.37. The molecule has 0 radical (unpaired) electrons. The minimum absolute atomic E-state index is 0.132. The van der Waals surface area contributed by atoms with Gasteiger partial charge in [0.2, 0.25) is 0 Å². The topological polar surface area (TPSA) is 71.4 Å². The van der Waals surface area contributed by atoms with E-state index in [1.807, 2.05) is 54.9 Å². The predicted molar refractivity (Wildman–Crippen MR) is 132 cm³/mol. The van der Waals surface area contributed by atoms with Crippen LogP contribution in [0.4, 0.5) is 14.9 Å². The van der Waals surface area contributed by atoms with Crippen molar-refractivity contribution < 1.29 is 18.8 Å². The number of carbonyl (C=O) groups is 3. The molecular weight excluding hydrogens is 445 g/mol. The van der Waals surface area contributed by atoms with Gasteiger partial charge in [0.15, 0.2) is 0 Å². The molecular formula is C28H22FN3O3. The largest absolute Gasteiger partial charge is 0.342 e. The van der Waals surface area contributed by atoms with E-state index in [-0.39, 0.29) is 11.4 Å². The summed E-state index contributed by atoms with van der Waals surface area (Å²) in [6, 6.07) is 18.3. The molecule has 4 amide bonds. The van der Waals surface area contributed by atoms with Crippen LogP contribution in [0, 0.1) is 19.7 Å². The molecule has 3 aromatic carbocycles. The summed E-state index contributed by atoms with van der Waals surface area (Å²) >= 11 is 0. The SMILES string of the molecule is Cc1ccc(N2C(=O)NC(=O)/C(=C\c3cn(Cc4ccc(F)cc4)c4ccccc34)C2=O)cc1C. The molecule has 0 saturated carbocycles. The van der Waals surface area contributed by atoms with E-state index in [2.05, 4.69) is 5.32 Å².